The zero-order valence-electron chi connectivity index (χ0n) is 21.0. The molecule has 1 aliphatic carbocycles. The molecule has 0 spiro atoms. The maximum absolute atomic E-state index is 15.5. The van der Waals surface area contributed by atoms with Crippen LogP contribution in [0, 0.1) is 28.9 Å². The summed E-state index contributed by atoms with van der Waals surface area (Å²) in [6.07, 6.45) is 5.26. The maximum atomic E-state index is 15.5. The van der Waals surface area contributed by atoms with Crippen LogP contribution in [0.5, 0.6) is 0 Å². The lowest BCUT2D eigenvalue weighted by molar-refractivity contribution is 0.121. The number of hydrogen-bond donors (Lipinski definition) is 2. The van der Waals surface area contributed by atoms with Gasteiger partial charge in [-0.05, 0) is 61.9 Å². The topological polar surface area (TPSA) is 92.1 Å². The van der Waals surface area contributed by atoms with E-state index >= 15 is 4.39 Å². The number of anilines is 2. The standard InChI is InChI=1S/C28H32F2N6O/c1-37-23-9-10-35(17-23)22-7-8-26(25(30)13-22)36-27(19-5-6-20(15-31)24(29)12-19)14-28(34-36)33-16-18-3-2-4-21(32)11-18/h5-8,12-14,18,21,23H,2-4,9-11,16-17,32H2,1H3,(H,33,34)/t18?,21-,23-/m0/s1. The van der Waals surface area contributed by atoms with Crippen LogP contribution in [0.1, 0.15) is 37.7 Å². The molecule has 2 aliphatic rings. The van der Waals surface area contributed by atoms with Crippen molar-refractivity contribution in [3.05, 3.63) is 59.7 Å². The van der Waals surface area contributed by atoms with Crippen molar-refractivity contribution in [2.75, 3.05) is 37.0 Å². The summed E-state index contributed by atoms with van der Waals surface area (Å²) in [5.41, 5.74) is 8.17. The molecule has 7 nitrogen and oxygen atoms in total. The quantitative estimate of drug-likeness (QED) is 0.476. The minimum Gasteiger partial charge on any atom is -0.380 e. The molecule has 2 aromatic carbocycles. The first-order valence-electron chi connectivity index (χ1n) is 12.8. The van der Waals surface area contributed by atoms with Gasteiger partial charge in [0.05, 0.1) is 17.4 Å². The van der Waals surface area contributed by atoms with Gasteiger partial charge in [0.25, 0.3) is 0 Å². The van der Waals surface area contributed by atoms with E-state index in [1.54, 1.807) is 25.3 Å². The Hall–Kier alpha value is -3.48. The lowest BCUT2D eigenvalue weighted by Gasteiger charge is -2.26. The van der Waals surface area contributed by atoms with Crippen LogP contribution in [0.25, 0.3) is 16.9 Å². The zero-order valence-corrected chi connectivity index (χ0v) is 21.0. The number of aromatic nitrogens is 2. The molecular weight excluding hydrogens is 474 g/mol. The molecule has 2 heterocycles. The van der Waals surface area contributed by atoms with Crippen LogP contribution in [0.2, 0.25) is 0 Å². The van der Waals surface area contributed by atoms with Crippen molar-refractivity contribution in [2.45, 2.75) is 44.2 Å². The van der Waals surface area contributed by atoms with Gasteiger partial charge < -0.3 is 20.7 Å². The molecule has 5 rings (SSSR count). The zero-order chi connectivity index (χ0) is 25.9. The number of methoxy groups -OCH3 is 1. The molecule has 1 unspecified atom stereocenters. The van der Waals surface area contributed by atoms with Crippen molar-refractivity contribution >= 4 is 11.5 Å². The van der Waals surface area contributed by atoms with Crippen molar-refractivity contribution in [1.29, 1.82) is 5.26 Å². The Balaban J connectivity index is 1.46. The molecule has 0 amide bonds. The number of rotatable bonds is 7. The molecule has 1 aliphatic heterocycles. The highest BCUT2D eigenvalue weighted by Gasteiger charge is 2.24. The second kappa shape index (κ2) is 10.9. The van der Waals surface area contributed by atoms with Gasteiger partial charge in [0.15, 0.2) is 5.82 Å². The van der Waals surface area contributed by atoms with Gasteiger partial charge in [-0.25, -0.2) is 13.5 Å². The number of nitrogens with one attached hydrogen (secondary N) is 1. The summed E-state index contributed by atoms with van der Waals surface area (Å²) in [5.74, 6) is -0.0420. The van der Waals surface area contributed by atoms with Gasteiger partial charge >= 0.3 is 0 Å². The first-order valence-corrected chi connectivity index (χ1v) is 12.8. The molecule has 3 N–H and O–H groups in total. The molecule has 3 aromatic rings. The summed E-state index contributed by atoms with van der Waals surface area (Å²) < 4.78 is 37.0. The van der Waals surface area contributed by atoms with Crippen LogP contribution in [-0.4, -0.2) is 48.7 Å². The minimum absolute atomic E-state index is 0.0442. The fourth-order valence-electron chi connectivity index (χ4n) is 5.41. The van der Waals surface area contributed by atoms with Crippen LogP contribution >= 0.6 is 0 Å². The first-order chi connectivity index (χ1) is 17.9. The number of benzene rings is 2. The maximum Gasteiger partial charge on any atom is 0.150 e. The highest BCUT2D eigenvalue weighted by molar-refractivity contribution is 5.67. The van der Waals surface area contributed by atoms with E-state index in [0.717, 1.165) is 44.3 Å². The monoisotopic (exact) mass is 506 g/mol. The second-order valence-electron chi connectivity index (χ2n) is 10.0. The molecule has 0 bridgehead atoms. The third-order valence-electron chi connectivity index (χ3n) is 7.49. The summed E-state index contributed by atoms with van der Waals surface area (Å²) >= 11 is 0. The molecular formula is C28H32F2N6O. The summed E-state index contributed by atoms with van der Waals surface area (Å²) in [6.45, 7) is 2.22. The van der Waals surface area contributed by atoms with Crippen molar-refractivity contribution in [3.63, 3.8) is 0 Å². The van der Waals surface area contributed by atoms with Crippen molar-refractivity contribution in [3.8, 4) is 23.0 Å². The number of ether oxygens (including phenoxy) is 1. The Morgan fingerprint density at radius 1 is 1.14 bits per heavy atom. The van der Waals surface area contributed by atoms with Gasteiger partial charge in [0.2, 0.25) is 0 Å². The van der Waals surface area contributed by atoms with Gasteiger partial charge in [0, 0.05) is 50.1 Å². The van der Waals surface area contributed by atoms with Gasteiger partial charge in [-0.15, -0.1) is 5.10 Å². The molecule has 0 radical (unpaired) electrons. The van der Waals surface area contributed by atoms with Crippen LogP contribution in [0.4, 0.5) is 20.3 Å². The van der Waals surface area contributed by atoms with Gasteiger partial charge in [-0.2, -0.15) is 5.26 Å². The Morgan fingerprint density at radius 3 is 2.70 bits per heavy atom. The average Bonchev–Trinajstić information content (AvgIpc) is 3.55. The fraction of sp³-hybridized carbons (Fsp3) is 0.429. The second-order valence-corrected chi connectivity index (χ2v) is 10.0. The summed E-state index contributed by atoms with van der Waals surface area (Å²) in [6, 6.07) is 13.3. The summed E-state index contributed by atoms with van der Waals surface area (Å²) in [5, 5.41) is 17.2. The van der Waals surface area contributed by atoms with Crippen molar-refractivity contribution in [2.24, 2.45) is 11.7 Å². The summed E-state index contributed by atoms with van der Waals surface area (Å²) in [7, 11) is 1.69. The van der Waals surface area contributed by atoms with Crippen LogP contribution in [-0.2, 0) is 4.74 Å². The van der Waals surface area contributed by atoms with Crippen LogP contribution in [0.15, 0.2) is 42.5 Å². The number of nitrogens with zero attached hydrogens (tertiary/aromatic N) is 4. The van der Waals surface area contributed by atoms with Gasteiger partial charge in [0.1, 0.15) is 23.4 Å². The van der Waals surface area contributed by atoms with Gasteiger partial charge in [-0.1, -0.05) is 12.5 Å². The van der Waals surface area contributed by atoms with E-state index in [0.29, 0.717) is 36.1 Å². The normalized spacial score (nSPS) is 21.7. The van der Waals surface area contributed by atoms with E-state index < -0.39 is 11.6 Å². The molecule has 3 atom stereocenters. The Kier molecular flexibility index (Phi) is 7.40. The molecule has 2 fully saturated rings. The molecule has 1 saturated carbocycles. The molecule has 194 valence electrons. The Labute approximate surface area is 215 Å². The average molecular weight is 507 g/mol. The van der Waals surface area contributed by atoms with E-state index in [1.807, 2.05) is 12.1 Å². The predicted octanol–water partition coefficient (Wildman–Crippen LogP) is 4.84. The minimum atomic E-state index is -0.629. The first kappa shape index (κ1) is 25.2. The Morgan fingerprint density at radius 2 is 2.00 bits per heavy atom. The van der Waals surface area contributed by atoms with E-state index in [2.05, 4.69) is 15.3 Å². The third kappa shape index (κ3) is 5.45. The molecule has 9 heteroatoms. The third-order valence-corrected chi connectivity index (χ3v) is 7.49. The van der Waals surface area contributed by atoms with E-state index in [4.69, 9.17) is 15.7 Å². The summed E-state index contributed by atoms with van der Waals surface area (Å²) in [4.78, 5) is 2.10. The van der Waals surface area contributed by atoms with Gasteiger partial charge in [-0.3, -0.25) is 0 Å². The highest BCUT2D eigenvalue weighted by atomic mass is 19.1. The number of nitriles is 1. The predicted molar refractivity (Wildman–Crippen MR) is 140 cm³/mol. The lowest BCUT2D eigenvalue weighted by atomic mass is 9.86. The highest BCUT2D eigenvalue weighted by Crippen LogP contribution is 2.31. The van der Waals surface area contributed by atoms with Crippen LogP contribution in [0.3, 0.4) is 0 Å². The van der Waals surface area contributed by atoms with Crippen LogP contribution < -0.4 is 16.0 Å². The van der Waals surface area contributed by atoms with Crippen molar-refractivity contribution in [1.82, 2.24) is 9.78 Å². The van der Waals surface area contributed by atoms with Crippen molar-refractivity contribution < 1.29 is 13.5 Å². The van der Waals surface area contributed by atoms with E-state index in [-0.39, 0.29) is 23.4 Å². The molecule has 37 heavy (non-hydrogen) atoms. The Bertz CT molecular complexity index is 1300. The SMILES string of the molecule is CO[C@H]1CCN(c2ccc(-n3nc(NCC4CCC[C@H](N)C4)cc3-c3ccc(C#N)c(F)c3)c(F)c2)C1. The molecule has 1 aromatic heterocycles. The number of hydrogen-bond acceptors (Lipinski definition) is 6. The largest absolute Gasteiger partial charge is 0.380 e. The smallest absolute Gasteiger partial charge is 0.150 e. The number of halogens is 2. The lowest BCUT2D eigenvalue weighted by Crippen LogP contribution is -2.31. The fourth-order valence-corrected chi connectivity index (χ4v) is 5.41. The van der Waals surface area contributed by atoms with E-state index in [1.165, 1.54) is 22.9 Å². The number of nitrogens with two attached hydrogens (primary N) is 1. The molecule has 1 saturated heterocycles. The van der Waals surface area contributed by atoms with E-state index in [9.17, 15) is 4.39 Å².